The third-order valence-corrected chi connectivity index (χ3v) is 4.11. The summed E-state index contributed by atoms with van der Waals surface area (Å²) in [6.45, 7) is 4.41. The second-order valence-electron chi connectivity index (χ2n) is 5.99. The van der Waals surface area contributed by atoms with Gasteiger partial charge in [0.25, 0.3) is 5.91 Å². The summed E-state index contributed by atoms with van der Waals surface area (Å²) in [4.78, 5) is 22.8. The van der Waals surface area contributed by atoms with Crippen LogP contribution in [0.15, 0.2) is 36.7 Å². The van der Waals surface area contributed by atoms with Crippen LogP contribution in [0.4, 0.5) is 5.95 Å². The fraction of sp³-hybridized carbons (Fsp3) is 0.389. The smallest absolute Gasteiger partial charge is 0.256 e. The van der Waals surface area contributed by atoms with E-state index in [1.807, 2.05) is 4.90 Å². The molecule has 5 nitrogen and oxygen atoms in total. The fourth-order valence-corrected chi connectivity index (χ4v) is 2.70. The van der Waals surface area contributed by atoms with E-state index in [4.69, 9.17) is 0 Å². The van der Waals surface area contributed by atoms with Gasteiger partial charge in [-0.3, -0.25) is 4.79 Å². The summed E-state index contributed by atoms with van der Waals surface area (Å²) in [5, 5.41) is 3.18. The molecule has 1 N–H and O–H groups in total. The number of amides is 1. The normalized spacial score (nSPS) is 14.6. The van der Waals surface area contributed by atoms with Crippen LogP contribution in [0.2, 0.25) is 0 Å². The average molecular weight is 310 g/mol. The third kappa shape index (κ3) is 4.06. The van der Waals surface area contributed by atoms with E-state index in [2.05, 4.69) is 46.5 Å². The second kappa shape index (κ2) is 7.22. The van der Waals surface area contributed by atoms with Gasteiger partial charge in [-0.2, -0.15) is 0 Å². The van der Waals surface area contributed by atoms with Gasteiger partial charge in [0.05, 0.1) is 5.56 Å². The predicted octanol–water partition coefficient (Wildman–Crippen LogP) is 3.02. The number of rotatable bonds is 4. The number of aromatic nitrogens is 2. The van der Waals surface area contributed by atoms with Gasteiger partial charge in [0.15, 0.2) is 0 Å². The first-order chi connectivity index (χ1) is 11.2. The third-order valence-electron chi connectivity index (χ3n) is 4.11. The average Bonchev–Trinajstić information content (AvgIpc) is 2.62. The number of hydrogen-bond acceptors (Lipinski definition) is 4. The van der Waals surface area contributed by atoms with E-state index in [0.29, 0.717) is 18.1 Å². The van der Waals surface area contributed by atoms with Crippen LogP contribution in [0.3, 0.4) is 0 Å². The van der Waals surface area contributed by atoms with Crippen LogP contribution in [0, 0.1) is 6.92 Å². The number of nitrogens with one attached hydrogen (secondary N) is 1. The highest BCUT2D eigenvalue weighted by molar-refractivity contribution is 5.93. The quantitative estimate of drug-likeness (QED) is 0.943. The van der Waals surface area contributed by atoms with Crippen LogP contribution in [0.5, 0.6) is 0 Å². The Morgan fingerprint density at radius 1 is 1.09 bits per heavy atom. The van der Waals surface area contributed by atoms with Crippen molar-refractivity contribution in [2.45, 2.75) is 32.7 Å². The summed E-state index contributed by atoms with van der Waals surface area (Å²) < 4.78 is 0. The Balaban J connectivity index is 1.58. The molecule has 1 aliphatic heterocycles. The zero-order valence-corrected chi connectivity index (χ0v) is 13.5. The van der Waals surface area contributed by atoms with Crippen molar-refractivity contribution < 1.29 is 4.79 Å². The van der Waals surface area contributed by atoms with Crippen molar-refractivity contribution in [3.05, 3.63) is 53.3 Å². The lowest BCUT2D eigenvalue weighted by Gasteiger charge is -2.26. The molecule has 5 heteroatoms. The van der Waals surface area contributed by atoms with Crippen LogP contribution in [-0.2, 0) is 6.54 Å². The molecule has 2 aromatic rings. The van der Waals surface area contributed by atoms with Crippen molar-refractivity contribution in [3.63, 3.8) is 0 Å². The van der Waals surface area contributed by atoms with E-state index in [1.165, 1.54) is 17.5 Å². The Bertz CT molecular complexity index is 646. The Hall–Kier alpha value is -2.43. The van der Waals surface area contributed by atoms with Gasteiger partial charge >= 0.3 is 0 Å². The summed E-state index contributed by atoms with van der Waals surface area (Å²) in [7, 11) is 0. The number of likely N-dealkylation sites (tertiary alicyclic amines) is 1. The number of nitrogens with zero attached hydrogens (tertiary/aromatic N) is 3. The lowest BCUT2D eigenvalue weighted by molar-refractivity contribution is 0.0723. The number of carbonyl (C=O) groups excluding carboxylic acids is 1. The standard InChI is InChI=1S/C18H22N4O/c1-14-5-7-15(8-6-14)11-19-18-20-12-16(13-21-18)17(23)22-9-3-2-4-10-22/h5-8,12-13H,2-4,9-11H2,1H3,(H,19,20,21). The molecule has 0 spiro atoms. The Kier molecular flexibility index (Phi) is 4.86. The molecule has 3 rings (SSSR count). The molecular formula is C18H22N4O. The lowest BCUT2D eigenvalue weighted by atomic mass is 10.1. The van der Waals surface area contributed by atoms with Crippen molar-refractivity contribution in [1.29, 1.82) is 0 Å². The van der Waals surface area contributed by atoms with E-state index in [-0.39, 0.29) is 5.91 Å². The molecule has 1 fully saturated rings. The van der Waals surface area contributed by atoms with Crippen molar-refractivity contribution in [2.75, 3.05) is 18.4 Å². The number of anilines is 1. The highest BCUT2D eigenvalue weighted by Crippen LogP contribution is 2.13. The van der Waals surface area contributed by atoms with Gasteiger partial charge < -0.3 is 10.2 Å². The molecule has 0 aliphatic carbocycles. The predicted molar refractivity (Wildman–Crippen MR) is 90.3 cm³/mol. The first kappa shape index (κ1) is 15.5. The Morgan fingerprint density at radius 2 is 1.74 bits per heavy atom. The number of carbonyl (C=O) groups is 1. The molecule has 0 radical (unpaired) electrons. The molecule has 1 aromatic heterocycles. The molecule has 1 saturated heterocycles. The van der Waals surface area contributed by atoms with Gasteiger partial charge in [0.1, 0.15) is 0 Å². The highest BCUT2D eigenvalue weighted by atomic mass is 16.2. The number of benzene rings is 1. The summed E-state index contributed by atoms with van der Waals surface area (Å²) in [6, 6.07) is 8.32. The zero-order valence-electron chi connectivity index (χ0n) is 13.5. The maximum Gasteiger partial charge on any atom is 0.256 e. The van der Waals surface area contributed by atoms with Crippen molar-refractivity contribution in [1.82, 2.24) is 14.9 Å². The van der Waals surface area contributed by atoms with Crippen LogP contribution < -0.4 is 5.32 Å². The topological polar surface area (TPSA) is 58.1 Å². The van der Waals surface area contributed by atoms with Crippen molar-refractivity contribution in [2.24, 2.45) is 0 Å². The van der Waals surface area contributed by atoms with E-state index in [9.17, 15) is 4.79 Å². The number of piperidine rings is 1. The highest BCUT2D eigenvalue weighted by Gasteiger charge is 2.18. The molecule has 0 saturated carbocycles. The first-order valence-corrected chi connectivity index (χ1v) is 8.13. The van der Waals surface area contributed by atoms with Gasteiger partial charge in [0, 0.05) is 32.0 Å². The molecule has 0 unspecified atom stereocenters. The molecule has 2 heterocycles. The fourth-order valence-electron chi connectivity index (χ4n) is 2.70. The number of aryl methyl sites for hydroxylation is 1. The molecule has 1 aromatic carbocycles. The molecule has 120 valence electrons. The van der Waals surface area contributed by atoms with Crippen molar-refractivity contribution in [3.8, 4) is 0 Å². The zero-order chi connectivity index (χ0) is 16.1. The summed E-state index contributed by atoms with van der Waals surface area (Å²) in [5.41, 5.74) is 2.98. The lowest BCUT2D eigenvalue weighted by Crippen LogP contribution is -2.35. The molecule has 0 atom stereocenters. The van der Waals surface area contributed by atoms with Crippen LogP contribution in [-0.4, -0.2) is 33.9 Å². The van der Waals surface area contributed by atoms with Crippen molar-refractivity contribution >= 4 is 11.9 Å². The van der Waals surface area contributed by atoms with E-state index < -0.39 is 0 Å². The van der Waals surface area contributed by atoms with Crippen LogP contribution in [0.1, 0.15) is 40.7 Å². The summed E-state index contributed by atoms with van der Waals surface area (Å²) in [5.74, 6) is 0.579. The van der Waals surface area contributed by atoms with Crippen LogP contribution in [0.25, 0.3) is 0 Å². The Morgan fingerprint density at radius 3 is 2.39 bits per heavy atom. The van der Waals surface area contributed by atoms with E-state index in [1.54, 1.807) is 12.4 Å². The van der Waals surface area contributed by atoms with Gasteiger partial charge in [-0.05, 0) is 31.7 Å². The molecule has 0 bridgehead atoms. The maximum atomic E-state index is 12.3. The Labute approximate surface area is 136 Å². The van der Waals surface area contributed by atoms with Gasteiger partial charge in [-0.15, -0.1) is 0 Å². The molecule has 1 amide bonds. The van der Waals surface area contributed by atoms with E-state index >= 15 is 0 Å². The van der Waals surface area contributed by atoms with Gasteiger partial charge in [0.2, 0.25) is 5.95 Å². The minimum atomic E-state index is 0.0368. The number of hydrogen-bond donors (Lipinski definition) is 1. The summed E-state index contributed by atoms with van der Waals surface area (Å²) in [6.07, 6.45) is 6.61. The monoisotopic (exact) mass is 310 g/mol. The van der Waals surface area contributed by atoms with Gasteiger partial charge in [-0.1, -0.05) is 29.8 Å². The SMILES string of the molecule is Cc1ccc(CNc2ncc(C(=O)N3CCCCC3)cn2)cc1. The van der Waals surface area contributed by atoms with Crippen LogP contribution >= 0.6 is 0 Å². The first-order valence-electron chi connectivity index (χ1n) is 8.13. The molecule has 1 aliphatic rings. The second-order valence-corrected chi connectivity index (χ2v) is 5.99. The minimum absolute atomic E-state index is 0.0368. The summed E-state index contributed by atoms with van der Waals surface area (Å²) >= 11 is 0. The molecular weight excluding hydrogens is 288 g/mol. The minimum Gasteiger partial charge on any atom is -0.350 e. The molecule has 23 heavy (non-hydrogen) atoms. The van der Waals surface area contributed by atoms with Gasteiger partial charge in [-0.25, -0.2) is 9.97 Å². The maximum absolute atomic E-state index is 12.3. The largest absolute Gasteiger partial charge is 0.350 e. The van der Waals surface area contributed by atoms with E-state index in [0.717, 1.165) is 25.9 Å².